The Morgan fingerprint density at radius 2 is 2.05 bits per heavy atom. The minimum Gasteiger partial charge on any atom is -0.364 e. The molecule has 114 valence electrons. The number of benzene rings is 1. The van der Waals surface area contributed by atoms with Gasteiger partial charge in [0.1, 0.15) is 0 Å². The van der Waals surface area contributed by atoms with E-state index in [-0.39, 0.29) is 23.5 Å². The van der Waals surface area contributed by atoms with Crippen LogP contribution < -0.4 is 10.9 Å². The van der Waals surface area contributed by atoms with E-state index in [9.17, 15) is 14.9 Å². The van der Waals surface area contributed by atoms with Gasteiger partial charge in [0.2, 0.25) is 0 Å². The fraction of sp³-hybridized carbons (Fsp3) is 0.214. The predicted molar refractivity (Wildman–Crippen MR) is 85.1 cm³/mol. The number of nitro groups is 1. The normalized spacial score (nSPS) is 12.8. The molecule has 1 aliphatic heterocycles. The van der Waals surface area contributed by atoms with Crippen molar-refractivity contribution in [2.45, 2.75) is 13.0 Å². The first-order valence-corrected chi connectivity index (χ1v) is 7.32. The third kappa shape index (κ3) is 2.55. The van der Waals surface area contributed by atoms with E-state index in [4.69, 9.17) is 23.2 Å². The predicted octanol–water partition coefficient (Wildman–Crippen LogP) is 3.08. The van der Waals surface area contributed by atoms with Crippen molar-refractivity contribution in [2.24, 2.45) is 0 Å². The monoisotopic (exact) mass is 339 g/mol. The molecule has 0 aliphatic carbocycles. The standard InChI is InChI=1S/C14H11Cl2N3O3/c15-10-2-1-8(6-11(10)16)5-9-7-12(19(21)22)13-17-3-4-18(13)14(9)20/h1-2,6-7,17H,3-5H2. The number of anilines is 1. The second-order valence-corrected chi connectivity index (χ2v) is 5.78. The third-order valence-electron chi connectivity index (χ3n) is 3.55. The van der Waals surface area contributed by atoms with Crippen LogP contribution in [0.4, 0.5) is 11.5 Å². The molecule has 0 saturated heterocycles. The number of rotatable bonds is 3. The molecule has 22 heavy (non-hydrogen) atoms. The molecule has 8 heteroatoms. The number of hydrogen-bond donors (Lipinski definition) is 1. The average molecular weight is 340 g/mol. The number of pyridine rings is 1. The summed E-state index contributed by atoms with van der Waals surface area (Å²) in [5, 5.41) is 14.9. The Bertz CT molecular complexity index is 833. The molecule has 0 saturated carbocycles. The van der Waals surface area contributed by atoms with E-state index in [1.165, 1.54) is 10.6 Å². The van der Waals surface area contributed by atoms with Crippen LogP contribution in [-0.2, 0) is 13.0 Å². The van der Waals surface area contributed by atoms with Gasteiger partial charge in [0.05, 0.1) is 15.0 Å². The minimum absolute atomic E-state index is 0.0906. The van der Waals surface area contributed by atoms with Gasteiger partial charge in [0.25, 0.3) is 5.56 Å². The largest absolute Gasteiger partial charge is 0.364 e. The van der Waals surface area contributed by atoms with Crippen LogP contribution >= 0.6 is 23.2 Å². The molecule has 0 radical (unpaired) electrons. The first-order valence-electron chi connectivity index (χ1n) is 6.56. The van der Waals surface area contributed by atoms with E-state index >= 15 is 0 Å². The number of halogens is 2. The molecule has 0 unspecified atom stereocenters. The van der Waals surface area contributed by atoms with Crippen molar-refractivity contribution in [3.8, 4) is 0 Å². The zero-order valence-electron chi connectivity index (χ0n) is 11.3. The number of hydrogen-bond acceptors (Lipinski definition) is 4. The summed E-state index contributed by atoms with van der Waals surface area (Å²) in [7, 11) is 0. The molecule has 1 aliphatic rings. The maximum absolute atomic E-state index is 12.4. The van der Waals surface area contributed by atoms with Crippen LogP contribution in [0.25, 0.3) is 0 Å². The summed E-state index contributed by atoms with van der Waals surface area (Å²) in [5.74, 6) is 0.271. The van der Waals surface area contributed by atoms with Gasteiger partial charge in [-0.25, -0.2) is 0 Å². The molecule has 0 atom stereocenters. The summed E-state index contributed by atoms with van der Waals surface area (Å²) in [4.78, 5) is 23.1. The topological polar surface area (TPSA) is 77.2 Å². The number of aromatic nitrogens is 1. The van der Waals surface area contributed by atoms with E-state index in [0.29, 0.717) is 28.7 Å². The van der Waals surface area contributed by atoms with Crippen molar-refractivity contribution < 1.29 is 4.92 Å². The van der Waals surface area contributed by atoms with Crippen molar-refractivity contribution in [1.29, 1.82) is 0 Å². The summed E-state index contributed by atoms with van der Waals surface area (Å²) < 4.78 is 1.41. The van der Waals surface area contributed by atoms with Gasteiger partial charge in [-0.1, -0.05) is 29.3 Å². The molecule has 1 N–H and O–H groups in total. The highest BCUT2D eigenvalue weighted by Crippen LogP contribution is 2.28. The molecule has 1 aromatic carbocycles. The Labute approximate surface area is 135 Å². The molecule has 3 rings (SSSR count). The summed E-state index contributed by atoms with van der Waals surface area (Å²) in [6.07, 6.45) is 0.261. The summed E-state index contributed by atoms with van der Waals surface area (Å²) >= 11 is 11.8. The van der Waals surface area contributed by atoms with Crippen LogP contribution in [0.2, 0.25) is 10.0 Å². The lowest BCUT2D eigenvalue weighted by atomic mass is 10.1. The van der Waals surface area contributed by atoms with Crippen LogP contribution in [-0.4, -0.2) is 16.0 Å². The van der Waals surface area contributed by atoms with E-state index in [1.54, 1.807) is 18.2 Å². The number of nitrogens with one attached hydrogen (secondary N) is 1. The lowest BCUT2D eigenvalue weighted by Gasteiger charge is -2.08. The van der Waals surface area contributed by atoms with Gasteiger partial charge in [0.15, 0.2) is 5.82 Å². The number of fused-ring (bicyclic) bond motifs is 1. The quantitative estimate of drug-likeness (QED) is 0.688. The Morgan fingerprint density at radius 1 is 1.27 bits per heavy atom. The fourth-order valence-corrected chi connectivity index (χ4v) is 2.85. The van der Waals surface area contributed by atoms with E-state index < -0.39 is 4.92 Å². The van der Waals surface area contributed by atoms with Crippen LogP contribution in [0, 0.1) is 10.1 Å². The van der Waals surface area contributed by atoms with Crippen molar-refractivity contribution in [3.63, 3.8) is 0 Å². The Kier molecular flexibility index (Phi) is 3.80. The molecule has 0 fully saturated rings. The van der Waals surface area contributed by atoms with Crippen molar-refractivity contribution in [1.82, 2.24) is 4.57 Å². The van der Waals surface area contributed by atoms with E-state index in [2.05, 4.69) is 5.32 Å². The molecule has 0 spiro atoms. The number of nitrogens with zero attached hydrogens (tertiary/aromatic N) is 2. The van der Waals surface area contributed by atoms with Crippen molar-refractivity contribution >= 4 is 34.7 Å². The van der Waals surface area contributed by atoms with Gasteiger partial charge in [-0.2, -0.15) is 0 Å². The molecule has 0 amide bonds. The second kappa shape index (κ2) is 5.62. The van der Waals surface area contributed by atoms with Gasteiger partial charge < -0.3 is 5.32 Å². The van der Waals surface area contributed by atoms with E-state index in [0.717, 1.165) is 5.56 Å². The Balaban J connectivity index is 2.07. The smallest absolute Gasteiger partial charge is 0.310 e. The first kappa shape index (κ1) is 14.9. The van der Waals surface area contributed by atoms with Crippen LogP contribution in [0.15, 0.2) is 29.1 Å². The average Bonchev–Trinajstić information content (AvgIpc) is 2.95. The molecule has 6 nitrogen and oxygen atoms in total. The van der Waals surface area contributed by atoms with Gasteiger partial charge >= 0.3 is 5.69 Å². The first-order chi connectivity index (χ1) is 10.5. The summed E-state index contributed by atoms with van der Waals surface area (Å²) in [6.45, 7) is 0.927. The maximum atomic E-state index is 12.4. The highest BCUT2D eigenvalue weighted by Gasteiger charge is 2.25. The SMILES string of the molecule is O=c1c(Cc2ccc(Cl)c(Cl)c2)cc([N+](=O)[O-])c2n1CCN2. The van der Waals surface area contributed by atoms with Crippen LogP contribution in [0.3, 0.4) is 0 Å². The maximum Gasteiger partial charge on any atom is 0.310 e. The van der Waals surface area contributed by atoms with Crippen molar-refractivity contribution in [2.75, 3.05) is 11.9 Å². The molecular weight excluding hydrogens is 329 g/mol. The molecule has 1 aromatic heterocycles. The highest BCUT2D eigenvalue weighted by atomic mass is 35.5. The molecule has 2 aromatic rings. The lowest BCUT2D eigenvalue weighted by molar-refractivity contribution is -0.384. The van der Waals surface area contributed by atoms with Crippen molar-refractivity contribution in [3.05, 3.63) is 65.9 Å². The third-order valence-corrected chi connectivity index (χ3v) is 4.29. The van der Waals surface area contributed by atoms with Gasteiger partial charge in [-0.05, 0) is 17.7 Å². The van der Waals surface area contributed by atoms with Gasteiger partial charge in [0, 0.05) is 31.1 Å². The highest BCUT2D eigenvalue weighted by molar-refractivity contribution is 6.42. The van der Waals surface area contributed by atoms with E-state index in [1.807, 2.05) is 0 Å². The summed E-state index contributed by atoms with van der Waals surface area (Å²) in [5.41, 5.74) is 0.814. The Hall–Kier alpha value is -2.05. The summed E-state index contributed by atoms with van der Waals surface area (Å²) in [6, 6.07) is 6.37. The Morgan fingerprint density at radius 3 is 2.73 bits per heavy atom. The van der Waals surface area contributed by atoms with Gasteiger partial charge in [-0.15, -0.1) is 0 Å². The minimum atomic E-state index is -0.484. The van der Waals surface area contributed by atoms with Crippen LogP contribution in [0.5, 0.6) is 0 Å². The van der Waals surface area contributed by atoms with Gasteiger partial charge in [-0.3, -0.25) is 19.5 Å². The zero-order chi connectivity index (χ0) is 15.9. The molecular formula is C14H11Cl2N3O3. The zero-order valence-corrected chi connectivity index (χ0v) is 12.8. The van der Waals surface area contributed by atoms with Crippen LogP contribution in [0.1, 0.15) is 11.1 Å². The second-order valence-electron chi connectivity index (χ2n) is 4.97. The molecule has 2 heterocycles. The fourth-order valence-electron chi connectivity index (χ4n) is 2.53. The molecule has 0 bridgehead atoms. The lowest BCUT2D eigenvalue weighted by Crippen LogP contribution is -2.23.